The number of carbonyl (C=O) groups excluding carboxylic acids is 2. The van der Waals surface area contributed by atoms with Crippen molar-refractivity contribution in [1.29, 1.82) is 0 Å². The van der Waals surface area contributed by atoms with Crippen molar-refractivity contribution in [3.63, 3.8) is 0 Å². The van der Waals surface area contributed by atoms with E-state index in [1.54, 1.807) is 24.3 Å². The van der Waals surface area contributed by atoms with E-state index in [4.69, 9.17) is 0 Å². The number of carbonyl (C=O) groups is 2. The van der Waals surface area contributed by atoms with Gasteiger partial charge in [0.1, 0.15) is 6.29 Å². The van der Waals surface area contributed by atoms with Gasteiger partial charge in [-0.25, -0.2) is 0 Å². The van der Waals surface area contributed by atoms with E-state index in [0.717, 1.165) is 17.4 Å². The van der Waals surface area contributed by atoms with E-state index in [1.165, 1.54) is 0 Å². The van der Waals surface area contributed by atoms with Gasteiger partial charge in [-0.15, -0.1) is 0 Å². The zero-order valence-electron chi connectivity index (χ0n) is 10.7. The van der Waals surface area contributed by atoms with Gasteiger partial charge in [-0.1, -0.05) is 29.8 Å². The molecule has 0 spiro atoms. The summed E-state index contributed by atoms with van der Waals surface area (Å²) < 4.78 is 0. The van der Waals surface area contributed by atoms with E-state index in [0.29, 0.717) is 17.7 Å². The molecule has 0 unspecified atom stereocenters. The Morgan fingerprint density at radius 1 is 1.16 bits per heavy atom. The molecule has 0 aliphatic carbocycles. The minimum atomic E-state index is -0.0653. The molecule has 0 aliphatic heterocycles. The summed E-state index contributed by atoms with van der Waals surface area (Å²) in [5.74, 6) is -0.0653. The van der Waals surface area contributed by atoms with Crippen LogP contribution in [0.25, 0.3) is 0 Å². The van der Waals surface area contributed by atoms with Crippen LogP contribution in [0.15, 0.2) is 48.5 Å². The van der Waals surface area contributed by atoms with E-state index in [1.807, 2.05) is 31.2 Å². The highest BCUT2D eigenvalue weighted by Gasteiger charge is 2.04. The van der Waals surface area contributed by atoms with Crippen LogP contribution >= 0.6 is 0 Å². The van der Waals surface area contributed by atoms with Crippen molar-refractivity contribution in [2.75, 3.05) is 5.32 Å². The first-order chi connectivity index (χ1) is 9.17. The summed E-state index contributed by atoms with van der Waals surface area (Å²) in [5, 5.41) is 2.81. The zero-order valence-corrected chi connectivity index (χ0v) is 10.7. The van der Waals surface area contributed by atoms with Crippen molar-refractivity contribution in [1.82, 2.24) is 0 Å². The highest BCUT2D eigenvalue weighted by atomic mass is 16.1. The quantitative estimate of drug-likeness (QED) is 0.851. The van der Waals surface area contributed by atoms with E-state index >= 15 is 0 Å². The summed E-state index contributed by atoms with van der Waals surface area (Å²) in [6.45, 7) is 2.00. The lowest BCUT2D eigenvalue weighted by atomic mass is 10.1. The Hall–Kier alpha value is -2.42. The lowest BCUT2D eigenvalue weighted by molar-refractivity contribution is -0.115. The maximum absolute atomic E-state index is 11.9. The van der Waals surface area contributed by atoms with E-state index in [-0.39, 0.29) is 5.91 Å². The molecule has 0 aromatic heterocycles. The molecular formula is C16H15NO2. The van der Waals surface area contributed by atoms with Gasteiger partial charge in [0, 0.05) is 11.3 Å². The largest absolute Gasteiger partial charge is 0.326 e. The molecule has 3 nitrogen and oxygen atoms in total. The Bertz CT molecular complexity index is 588. The molecule has 19 heavy (non-hydrogen) atoms. The van der Waals surface area contributed by atoms with Gasteiger partial charge >= 0.3 is 0 Å². The van der Waals surface area contributed by atoms with Gasteiger partial charge in [0.05, 0.1) is 6.42 Å². The average Bonchev–Trinajstić information content (AvgIpc) is 2.39. The number of aryl methyl sites for hydroxylation is 1. The number of anilines is 1. The maximum atomic E-state index is 11.9. The first-order valence-corrected chi connectivity index (χ1v) is 6.08. The van der Waals surface area contributed by atoms with E-state index in [9.17, 15) is 9.59 Å². The first kappa shape index (κ1) is 13.0. The molecule has 2 aromatic carbocycles. The van der Waals surface area contributed by atoms with Gasteiger partial charge in [-0.3, -0.25) is 9.59 Å². The molecule has 0 atom stereocenters. The highest BCUT2D eigenvalue weighted by Crippen LogP contribution is 2.10. The lowest BCUT2D eigenvalue weighted by Gasteiger charge is -2.06. The van der Waals surface area contributed by atoms with Crippen molar-refractivity contribution in [2.24, 2.45) is 0 Å². The van der Waals surface area contributed by atoms with Crippen molar-refractivity contribution in [3.05, 3.63) is 65.2 Å². The lowest BCUT2D eigenvalue weighted by Crippen LogP contribution is -2.14. The van der Waals surface area contributed by atoms with E-state index in [2.05, 4.69) is 5.32 Å². The molecule has 0 saturated carbocycles. The summed E-state index contributed by atoms with van der Waals surface area (Å²) in [6.07, 6.45) is 1.12. The van der Waals surface area contributed by atoms with Crippen LogP contribution < -0.4 is 5.32 Å². The van der Waals surface area contributed by atoms with Crippen LogP contribution in [0.2, 0.25) is 0 Å². The highest BCUT2D eigenvalue weighted by molar-refractivity contribution is 5.92. The summed E-state index contributed by atoms with van der Waals surface area (Å²) in [6, 6.07) is 14.7. The van der Waals surface area contributed by atoms with Gasteiger partial charge in [-0.2, -0.15) is 0 Å². The van der Waals surface area contributed by atoms with E-state index < -0.39 is 0 Å². The molecule has 3 heteroatoms. The molecule has 1 N–H and O–H groups in total. The third-order valence-corrected chi connectivity index (χ3v) is 2.78. The number of hydrogen-bond donors (Lipinski definition) is 1. The Morgan fingerprint density at radius 2 is 1.89 bits per heavy atom. The van der Waals surface area contributed by atoms with Gasteiger partial charge < -0.3 is 5.32 Å². The normalized spacial score (nSPS) is 9.95. The third kappa shape index (κ3) is 3.78. The van der Waals surface area contributed by atoms with Crippen LogP contribution in [0.4, 0.5) is 5.69 Å². The Morgan fingerprint density at radius 3 is 2.53 bits per heavy atom. The monoisotopic (exact) mass is 253 g/mol. The van der Waals surface area contributed by atoms with Crippen molar-refractivity contribution in [3.8, 4) is 0 Å². The van der Waals surface area contributed by atoms with Crippen LogP contribution in [-0.2, 0) is 11.2 Å². The molecule has 2 aromatic rings. The fraction of sp³-hybridized carbons (Fsp3) is 0.125. The fourth-order valence-corrected chi connectivity index (χ4v) is 1.86. The number of hydrogen-bond acceptors (Lipinski definition) is 2. The average molecular weight is 253 g/mol. The standard InChI is InChI=1S/C16H15NO2/c1-12-3-2-4-14(9-12)10-16(19)17-15-7-5-13(11-18)6-8-15/h2-9,11H,10H2,1H3,(H,17,19). The molecule has 0 saturated heterocycles. The number of nitrogens with one attached hydrogen (secondary N) is 1. The summed E-state index contributed by atoms with van der Waals surface area (Å²) in [5.41, 5.74) is 3.42. The molecule has 96 valence electrons. The summed E-state index contributed by atoms with van der Waals surface area (Å²) in [7, 11) is 0. The first-order valence-electron chi connectivity index (χ1n) is 6.08. The van der Waals surface area contributed by atoms with Crippen LogP contribution in [0.5, 0.6) is 0 Å². The third-order valence-electron chi connectivity index (χ3n) is 2.78. The minimum Gasteiger partial charge on any atom is -0.326 e. The SMILES string of the molecule is Cc1cccc(CC(=O)Nc2ccc(C=O)cc2)c1. The van der Waals surface area contributed by atoms with Crippen LogP contribution in [0.1, 0.15) is 21.5 Å². The van der Waals surface area contributed by atoms with Crippen LogP contribution in [0.3, 0.4) is 0 Å². The molecule has 0 aliphatic rings. The summed E-state index contributed by atoms with van der Waals surface area (Å²) >= 11 is 0. The number of amides is 1. The molecule has 0 fully saturated rings. The molecular weight excluding hydrogens is 238 g/mol. The molecule has 0 radical (unpaired) electrons. The van der Waals surface area contributed by atoms with Gasteiger partial charge in [-0.05, 0) is 36.8 Å². The predicted molar refractivity (Wildman–Crippen MR) is 75.3 cm³/mol. The second-order valence-electron chi connectivity index (χ2n) is 4.45. The van der Waals surface area contributed by atoms with Crippen molar-refractivity contribution >= 4 is 17.9 Å². The molecule has 0 heterocycles. The Kier molecular flexibility index (Phi) is 4.08. The van der Waals surface area contributed by atoms with Gasteiger partial charge in [0.25, 0.3) is 0 Å². The maximum Gasteiger partial charge on any atom is 0.228 e. The molecule has 2 rings (SSSR count). The predicted octanol–water partition coefficient (Wildman–Crippen LogP) is 2.99. The van der Waals surface area contributed by atoms with Gasteiger partial charge in [0.15, 0.2) is 0 Å². The number of rotatable bonds is 4. The van der Waals surface area contributed by atoms with Gasteiger partial charge in [0.2, 0.25) is 5.91 Å². The Labute approximate surface area is 112 Å². The smallest absolute Gasteiger partial charge is 0.228 e. The van der Waals surface area contributed by atoms with Crippen molar-refractivity contribution < 1.29 is 9.59 Å². The number of aldehydes is 1. The zero-order chi connectivity index (χ0) is 13.7. The van der Waals surface area contributed by atoms with Crippen LogP contribution in [0, 0.1) is 6.92 Å². The minimum absolute atomic E-state index is 0.0653. The summed E-state index contributed by atoms with van der Waals surface area (Å²) in [4.78, 5) is 22.4. The molecule has 1 amide bonds. The second kappa shape index (κ2) is 5.96. The van der Waals surface area contributed by atoms with Crippen molar-refractivity contribution in [2.45, 2.75) is 13.3 Å². The van der Waals surface area contributed by atoms with Crippen LogP contribution in [-0.4, -0.2) is 12.2 Å². The topological polar surface area (TPSA) is 46.2 Å². The Balaban J connectivity index is 1.98. The molecule has 0 bridgehead atoms. The fourth-order valence-electron chi connectivity index (χ4n) is 1.86. The number of benzene rings is 2. The second-order valence-corrected chi connectivity index (χ2v) is 4.45.